The number of nitrogens with two attached hydrogens (primary N) is 1. The Bertz CT molecular complexity index is 591. The average Bonchev–Trinajstić information content (AvgIpc) is 2.42. The molecule has 106 valence electrons. The Morgan fingerprint density at radius 1 is 1.05 bits per heavy atom. The molecule has 0 radical (unpaired) electrons. The Morgan fingerprint density at radius 2 is 1.70 bits per heavy atom. The minimum absolute atomic E-state index is 0.00423. The number of hydrazine groups is 1. The Kier molecular flexibility index (Phi) is 5.06. The molecule has 0 bridgehead atoms. The van der Waals surface area contributed by atoms with Gasteiger partial charge in [0.15, 0.2) is 0 Å². The van der Waals surface area contributed by atoms with Crippen LogP contribution >= 0.6 is 23.2 Å². The van der Waals surface area contributed by atoms with Gasteiger partial charge in [-0.25, -0.2) is 0 Å². The minimum atomic E-state index is 0.00423. The van der Waals surface area contributed by atoms with E-state index in [1.54, 1.807) is 6.07 Å². The molecule has 2 nitrogen and oxygen atoms in total. The highest BCUT2D eigenvalue weighted by Crippen LogP contribution is 2.28. The van der Waals surface area contributed by atoms with Crippen LogP contribution in [0.25, 0.3) is 0 Å². The summed E-state index contributed by atoms with van der Waals surface area (Å²) in [7, 11) is 0. The maximum Gasteiger partial charge on any atom is 0.0595 e. The lowest BCUT2D eigenvalue weighted by molar-refractivity contribution is 0.550. The molecule has 20 heavy (non-hydrogen) atoms. The lowest BCUT2D eigenvalue weighted by Gasteiger charge is -2.19. The van der Waals surface area contributed by atoms with E-state index in [1.165, 1.54) is 16.7 Å². The molecule has 1 unspecified atom stereocenters. The first-order chi connectivity index (χ1) is 9.52. The zero-order valence-electron chi connectivity index (χ0n) is 11.6. The molecule has 0 aliphatic rings. The molecule has 0 spiro atoms. The highest BCUT2D eigenvalue weighted by Gasteiger charge is 2.14. The third-order valence-electron chi connectivity index (χ3n) is 3.60. The van der Waals surface area contributed by atoms with Gasteiger partial charge in [0.2, 0.25) is 0 Å². The van der Waals surface area contributed by atoms with Gasteiger partial charge >= 0.3 is 0 Å². The molecule has 2 aromatic carbocycles. The van der Waals surface area contributed by atoms with Gasteiger partial charge in [-0.2, -0.15) is 0 Å². The summed E-state index contributed by atoms with van der Waals surface area (Å²) in [5.74, 6) is 5.71. The molecular weight excluding hydrogens is 291 g/mol. The SMILES string of the molecule is Cc1cccc(C)c1CC(NN)c1ccc(Cl)c(Cl)c1. The summed E-state index contributed by atoms with van der Waals surface area (Å²) in [5, 5.41) is 1.10. The number of hydrogen-bond acceptors (Lipinski definition) is 2. The van der Waals surface area contributed by atoms with Crippen molar-refractivity contribution in [1.29, 1.82) is 0 Å². The summed E-state index contributed by atoms with van der Waals surface area (Å²) < 4.78 is 0. The average molecular weight is 309 g/mol. The summed E-state index contributed by atoms with van der Waals surface area (Å²) in [5.41, 5.74) is 7.74. The largest absolute Gasteiger partial charge is 0.271 e. The fourth-order valence-electron chi connectivity index (χ4n) is 2.38. The van der Waals surface area contributed by atoms with Crippen LogP contribution in [0.3, 0.4) is 0 Å². The van der Waals surface area contributed by atoms with E-state index in [9.17, 15) is 0 Å². The van der Waals surface area contributed by atoms with Gasteiger partial charge in [-0.15, -0.1) is 0 Å². The zero-order valence-corrected chi connectivity index (χ0v) is 13.1. The molecule has 0 aliphatic heterocycles. The lowest BCUT2D eigenvalue weighted by Crippen LogP contribution is -2.30. The second-order valence-electron chi connectivity index (χ2n) is 4.97. The van der Waals surface area contributed by atoms with Crippen LogP contribution in [0.4, 0.5) is 0 Å². The summed E-state index contributed by atoms with van der Waals surface area (Å²) in [6, 6.07) is 11.9. The van der Waals surface area contributed by atoms with Crippen molar-refractivity contribution >= 4 is 23.2 Å². The van der Waals surface area contributed by atoms with Gasteiger partial charge in [-0.05, 0) is 54.7 Å². The van der Waals surface area contributed by atoms with E-state index >= 15 is 0 Å². The normalized spacial score (nSPS) is 12.4. The Labute approximate surface area is 129 Å². The van der Waals surface area contributed by atoms with E-state index in [-0.39, 0.29) is 6.04 Å². The highest BCUT2D eigenvalue weighted by atomic mass is 35.5. The summed E-state index contributed by atoms with van der Waals surface area (Å²) in [6.45, 7) is 4.23. The van der Waals surface area contributed by atoms with E-state index in [4.69, 9.17) is 29.0 Å². The van der Waals surface area contributed by atoms with Crippen molar-refractivity contribution in [2.45, 2.75) is 26.3 Å². The van der Waals surface area contributed by atoms with E-state index in [2.05, 4.69) is 37.5 Å². The molecule has 2 aromatic rings. The summed E-state index contributed by atoms with van der Waals surface area (Å²) >= 11 is 12.0. The maximum atomic E-state index is 6.08. The number of hydrogen-bond donors (Lipinski definition) is 2. The van der Waals surface area contributed by atoms with Crippen LogP contribution in [0.15, 0.2) is 36.4 Å². The first-order valence-electron chi connectivity index (χ1n) is 6.49. The number of aryl methyl sites for hydroxylation is 2. The molecule has 0 heterocycles. The molecule has 0 amide bonds. The van der Waals surface area contributed by atoms with Crippen LogP contribution < -0.4 is 11.3 Å². The van der Waals surface area contributed by atoms with Crippen molar-refractivity contribution in [2.75, 3.05) is 0 Å². The predicted octanol–water partition coefficient (Wildman–Crippen LogP) is 4.36. The molecular formula is C16H18Cl2N2. The fraction of sp³-hybridized carbons (Fsp3) is 0.250. The topological polar surface area (TPSA) is 38.0 Å². The van der Waals surface area contributed by atoms with Crippen LogP contribution in [0.5, 0.6) is 0 Å². The van der Waals surface area contributed by atoms with Gasteiger partial charge in [-0.3, -0.25) is 11.3 Å². The first kappa shape index (κ1) is 15.3. The maximum absolute atomic E-state index is 6.08. The molecule has 0 aromatic heterocycles. The van der Waals surface area contributed by atoms with E-state index in [1.807, 2.05) is 12.1 Å². The van der Waals surface area contributed by atoms with Crippen molar-refractivity contribution in [3.63, 3.8) is 0 Å². The second kappa shape index (κ2) is 6.59. The number of benzene rings is 2. The van der Waals surface area contributed by atoms with Crippen LogP contribution in [0, 0.1) is 13.8 Å². The predicted molar refractivity (Wildman–Crippen MR) is 86.1 cm³/mol. The number of halogens is 2. The van der Waals surface area contributed by atoms with Crippen molar-refractivity contribution in [2.24, 2.45) is 5.84 Å². The van der Waals surface area contributed by atoms with E-state index in [0.717, 1.165) is 12.0 Å². The third-order valence-corrected chi connectivity index (χ3v) is 4.34. The van der Waals surface area contributed by atoms with Gasteiger partial charge in [0.05, 0.1) is 16.1 Å². The van der Waals surface area contributed by atoms with Crippen molar-refractivity contribution in [1.82, 2.24) is 5.43 Å². The smallest absolute Gasteiger partial charge is 0.0595 e. The zero-order chi connectivity index (χ0) is 14.7. The minimum Gasteiger partial charge on any atom is -0.271 e. The monoisotopic (exact) mass is 308 g/mol. The molecule has 4 heteroatoms. The van der Waals surface area contributed by atoms with Gasteiger partial charge in [0.25, 0.3) is 0 Å². The Balaban J connectivity index is 2.31. The third kappa shape index (κ3) is 3.33. The number of nitrogens with one attached hydrogen (secondary N) is 1. The first-order valence-corrected chi connectivity index (χ1v) is 7.24. The van der Waals surface area contributed by atoms with Crippen molar-refractivity contribution < 1.29 is 0 Å². The lowest BCUT2D eigenvalue weighted by atomic mass is 9.93. The fourth-order valence-corrected chi connectivity index (χ4v) is 2.68. The number of rotatable bonds is 4. The van der Waals surface area contributed by atoms with Crippen molar-refractivity contribution in [3.8, 4) is 0 Å². The molecule has 0 saturated carbocycles. The molecule has 1 atom stereocenters. The van der Waals surface area contributed by atoms with Crippen LogP contribution in [0.2, 0.25) is 10.0 Å². The quantitative estimate of drug-likeness (QED) is 0.650. The van der Waals surface area contributed by atoms with E-state index in [0.29, 0.717) is 10.0 Å². The molecule has 2 rings (SSSR count). The van der Waals surface area contributed by atoms with Gasteiger partial charge in [0, 0.05) is 0 Å². The Morgan fingerprint density at radius 3 is 2.25 bits per heavy atom. The van der Waals surface area contributed by atoms with Crippen LogP contribution in [0.1, 0.15) is 28.3 Å². The van der Waals surface area contributed by atoms with E-state index < -0.39 is 0 Å². The second-order valence-corrected chi connectivity index (χ2v) is 5.78. The van der Waals surface area contributed by atoms with Crippen LogP contribution in [-0.4, -0.2) is 0 Å². The molecule has 0 aliphatic carbocycles. The molecule has 0 fully saturated rings. The summed E-state index contributed by atoms with van der Waals surface area (Å²) in [4.78, 5) is 0. The Hall–Kier alpha value is -1.06. The van der Waals surface area contributed by atoms with Crippen molar-refractivity contribution in [3.05, 3.63) is 68.7 Å². The van der Waals surface area contributed by atoms with Crippen LogP contribution in [-0.2, 0) is 6.42 Å². The standard InChI is InChI=1S/C16H18Cl2N2/c1-10-4-3-5-11(2)13(10)9-16(20-19)12-6-7-14(17)15(18)8-12/h3-8,16,20H,9,19H2,1-2H3. The highest BCUT2D eigenvalue weighted by molar-refractivity contribution is 6.42. The molecule has 0 saturated heterocycles. The van der Waals surface area contributed by atoms with Gasteiger partial charge in [-0.1, -0.05) is 47.5 Å². The summed E-state index contributed by atoms with van der Waals surface area (Å²) in [6.07, 6.45) is 0.812. The van der Waals surface area contributed by atoms with Gasteiger partial charge in [0.1, 0.15) is 0 Å². The van der Waals surface area contributed by atoms with Gasteiger partial charge < -0.3 is 0 Å². The molecule has 3 N–H and O–H groups in total.